The number of rotatable bonds is 3. The van der Waals surface area contributed by atoms with E-state index in [2.05, 4.69) is 26.0 Å². The fourth-order valence-electron chi connectivity index (χ4n) is 1.93. The van der Waals surface area contributed by atoms with Crippen molar-refractivity contribution in [3.63, 3.8) is 0 Å². The monoisotopic (exact) mass is 318 g/mol. The van der Waals surface area contributed by atoms with Crippen LogP contribution >= 0.6 is 15.9 Å². The Bertz CT molecular complexity index is 764. The number of fused-ring (bicyclic) bond motifs is 1. The van der Waals surface area contributed by atoms with Crippen LogP contribution in [0.2, 0.25) is 0 Å². The largest absolute Gasteiger partial charge is 0.297 e. The molecule has 0 unspecified atom stereocenters. The number of aromatic nitrogens is 4. The highest BCUT2D eigenvalue weighted by Crippen LogP contribution is 2.14. The first-order valence-corrected chi connectivity index (χ1v) is 6.65. The van der Waals surface area contributed by atoms with Crippen molar-refractivity contribution in [1.29, 1.82) is 0 Å². The van der Waals surface area contributed by atoms with Gasteiger partial charge in [-0.05, 0) is 24.3 Å². The van der Waals surface area contributed by atoms with Crippen molar-refractivity contribution >= 4 is 26.8 Å². The lowest BCUT2D eigenvalue weighted by atomic mass is 10.2. The predicted octanol–water partition coefficient (Wildman–Crippen LogP) is 2.06. The van der Waals surface area contributed by atoms with Gasteiger partial charge in [0.15, 0.2) is 0 Å². The van der Waals surface area contributed by atoms with Gasteiger partial charge in [-0.15, -0.1) is 0 Å². The minimum atomic E-state index is -0.0235. The van der Waals surface area contributed by atoms with E-state index in [0.29, 0.717) is 24.0 Å². The summed E-state index contributed by atoms with van der Waals surface area (Å²) >= 11 is 3.37. The van der Waals surface area contributed by atoms with E-state index in [0.717, 1.165) is 4.47 Å². The number of hydrogen-bond donors (Lipinski definition) is 0. The molecule has 3 aromatic rings. The summed E-state index contributed by atoms with van der Waals surface area (Å²) in [5.74, 6) is 0. The summed E-state index contributed by atoms with van der Waals surface area (Å²) in [6.45, 7) is 1.20. The molecule has 5 nitrogen and oxygen atoms in total. The van der Waals surface area contributed by atoms with Crippen LogP contribution in [0.25, 0.3) is 10.9 Å². The van der Waals surface area contributed by atoms with Gasteiger partial charge in [0.05, 0.1) is 23.8 Å². The molecule has 0 saturated carbocycles. The second-order valence-electron chi connectivity index (χ2n) is 4.17. The maximum atomic E-state index is 12.3. The van der Waals surface area contributed by atoms with Crippen LogP contribution in [0.4, 0.5) is 0 Å². The Morgan fingerprint density at radius 2 is 2.16 bits per heavy atom. The third-order valence-corrected chi connectivity index (χ3v) is 3.41. The topological polar surface area (TPSA) is 52.7 Å². The molecule has 6 heteroatoms. The maximum Gasteiger partial charge on any atom is 0.261 e. The van der Waals surface area contributed by atoms with E-state index in [1.165, 1.54) is 0 Å². The average molecular weight is 319 g/mol. The molecule has 0 aliphatic heterocycles. The summed E-state index contributed by atoms with van der Waals surface area (Å²) in [7, 11) is 0. The predicted molar refractivity (Wildman–Crippen MR) is 75.9 cm³/mol. The summed E-state index contributed by atoms with van der Waals surface area (Å²) < 4.78 is 4.32. The molecular weight excluding hydrogens is 308 g/mol. The summed E-state index contributed by atoms with van der Waals surface area (Å²) in [6.07, 6.45) is 5.18. The van der Waals surface area contributed by atoms with E-state index < -0.39 is 0 Å². The molecule has 0 saturated heterocycles. The van der Waals surface area contributed by atoms with Crippen molar-refractivity contribution in [1.82, 2.24) is 19.3 Å². The minimum Gasteiger partial charge on any atom is -0.297 e. The van der Waals surface area contributed by atoms with E-state index in [1.807, 2.05) is 24.4 Å². The van der Waals surface area contributed by atoms with E-state index in [-0.39, 0.29) is 5.56 Å². The third-order valence-electron chi connectivity index (χ3n) is 2.92. The number of benzene rings is 1. The van der Waals surface area contributed by atoms with E-state index in [1.54, 1.807) is 27.8 Å². The van der Waals surface area contributed by atoms with Gasteiger partial charge in [-0.25, -0.2) is 4.98 Å². The van der Waals surface area contributed by atoms with Crippen molar-refractivity contribution in [3.8, 4) is 0 Å². The lowest BCUT2D eigenvalue weighted by Crippen LogP contribution is -2.23. The molecular formula is C13H11BrN4O. The first-order valence-electron chi connectivity index (χ1n) is 5.86. The van der Waals surface area contributed by atoms with Crippen LogP contribution in [0.3, 0.4) is 0 Å². The van der Waals surface area contributed by atoms with Crippen molar-refractivity contribution in [2.24, 2.45) is 0 Å². The van der Waals surface area contributed by atoms with Crippen LogP contribution in [-0.4, -0.2) is 19.3 Å². The molecule has 0 radical (unpaired) electrons. The van der Waals surface area contributed by atoms with Crippen LogP contribution in [0, 0.1) is 0 Å². The van der Waals surface area contributed by atoms with Gasteiger partial charge in [0, 0.05) is 23.4 Å². The number of halogens is 1. The fourth-order valence-corrected chi connectivity index (χ4v) is 2.28. The maximum absolute atomic E-state index is 12.3. The first-order chi connectivity index (χ1) is 9.24. The van der Waals surface area contributed by atoms with Gasteiger partial charge in [-0.3, -0.25) is 14.0 Å². The van der Waals surface area contributed by atoms with E-state index in [4.69, 9.17) is 0 Å². The molecule has 1 aromatic carbocycles. The highest BCUT2D eigenvalue weighted by atomic mass is 79.9. The van der Waals surface area contributed by atoms with E-state index in [9.17, 15) is 4.79 Å². The SMILES string of the molecule is O=c1c2ccc(Br)cc2ncn1CCn1cccn1. The van der Waals surface area contributed by atoms with Gasteiger partial charge in [-0.1, -0.05) is 15.9 Å². The molecule has 0 fully saturated rings. The van der Waals surface area contributed by atoms with Crippen molar-refractivity contribution in [2.45, 2.75) is 13.1 Å². The quantitative estimate of drug-likeness (QED) is 0.742. The Morgan fingerprint density at radius 1 is 1.26 bits per heavy atom. The molecule has 0 N–H and O–H groups in total. The Balaban J connectivity index is 1.94. The molecule has 0 bridgehead atoms. The standard InChI is InChI=1S/C13H11BrN4O/c14-10-2-3-11-12(8-10)15-9-17(13(11)19)6-7-18-5-1-4-16-18/h1-5,8-9H,6-7H2. The smallest absolute Gasteiger partial charge is 0.261 e. The van der Waals surface area contributed by atoms with Gasteiger partial charge in [0.2, 0.25) is 0 Å². The van der Waals surface area contributed by atoms with Crippen LogP contribution in [0.5, 0.6) is 0 Å². The molecule has 19 heavy (non-hydrogen) atoms. The molecule has 2 heterocycles. The normalized spacial score (nSPS) is 11.0. The molecule has 2 aromatic heterocycles. The van der Waals surface area contributed by atoms with Crippen molar-refractivity contribution in [2.75, 3.05) is 0 Å². The number of hydrogen-bond acceptors (Lipinski definition) is 3. The molecule has 0 amide bonds. The zero-order chi connectivity index (χ0) is 13.2. The Kier molecular flexibility index (Phi) is 3.16. The van der Waals surface area contributed by atoms with Crippen LogP contribution in [0.15, 0.2) is 52.3 Å². The van der Waals surface area contributed by atoms with Crippen LogP contribution < -0.4 is 5.56 Å². The lowest BCUT2D eigenvalue weighted by molar-refractivity contribution is 0.521. The molecule has 96 valence electrons. The summed E-state index contributed by atoms with van der Waals surface area (Å²) in [5.41, 5.74) is 0.680. The van der Waals surface area contributed by atoms with Crippen molar-refractivity contribution < 1.29 is 0 Å². The Labute approximate surface area is 117 Å². The van der Waals surface area contributed by atoms with Gasteiger partial charge in [0.1, 0.15) is 0 Å². The lowest BCUT2D eigenvalue weighted by Gasteiger charge is -2.06. The van der Waals surface area contributed by atoms with E-state index >= 15 is 0 Å². The minimum absolute atomic E-state index is 0.0235. The zero-order valence-electron chi connectivity index (χ0n) is 10.0. The summed E-state index contributed by atoms with van der Waals surface area (Å²) in [6, 6.07) is 7.34. The zero-order valence-corrected chi connectivity index (χ0v) is 11.6. The summed E-state index contributed by atoms with van der Waals surface area (Å²) in [4.78, 5) is 16.6. The first kappa shape index (κ1) is 12.1. The van der Waals surface area contributed by atoms with Crippen LogP contribution in [-0.2, 0) is 13.1 Å². The summed E-state index contributed by atoms with van der Waals surface area (Å²) in [5, 5.41) is 4.74. The second-order valence-corrected chi connectivity index (χ2v) is 5.09. The number of aryl methyl sites for hydroxylation is 2. The molecule has 0 spiro atoms. The highest BCUT2D eigenvalue weighted by molar-refractivity contribution is 9.10. The molecule has 0 aliphatic rings. The second kappa shape index (κ2) is 4.97. The van der Waals surface area contributed by atoms with Crippen molar-refractivity contribution in [3.05, 3.63) is 57.8 Å². The fraction of sp³-hybridized carbons (Fsp3) is 0.154. The average Bonchev–Trinajstić information content (AvgIpc) is 2.91. The molecule has 0 atom stereocenters. The van der Waals surface area contributed by atoms with Gasteiger partial charge < -0.3 is 0 Å². The molecule has 0 aliphatic carbocycles. The Hall–Kier alpha value is -1.95. The van der Waals surface area contributed by atoms with Gasteiger partial charge in [-0.2, -0.15) is 5.10 Å². The third kappa shape index (κ3) is 2.44. The van der Waals surface area contributed by atoms with Gasteiger partial charge in [0.25, 0.3) is 5.56 Å². The Morgan fingerprint density at radius 3 is 2.95 bits per heavy atom. The molecule has 3 rings (SSSR count). The van der Waals surface area contributed by atoms with Gasteiger partial charge >= 0.3 is 0 Å². The highest BCUT2D eigenvalue weighted by Gasteiger charge is 2.04. The number of nitrogens with zero attached hydrogens (tertiary/aromatic N) is 4. The van der Waals surface area contributed by atoms with Crippen LogP contribution in [0.1, 0.15) is 0 Å².